The maximum atomic E-state index is 13.1. The van der Waals surface area contributed by atoms with Crippen LogP contribution in [0.2, 0.25) is 0 Å². The Morgan fingerprint density at radius 1 is 1.13 bits per heavy atom. The van der Waals surface area contributed by atoms with Crippen LogP contribution in [0.4, 0.5) is 14.9 Å². The van der Waals surface area contributed by atoms with E-state index >= 15 is 0 Å². The maximum absolute atomic E-state index is 13.1. The first-order valence-corrected chi connectivity index (χ1v) is 10.8. The molecule has 0 radical (unpaired) electrons. The minimum absolute atomic E-state index is 0.0837. The molecule has 1 aliphatic heterocycles. The lowest BCUT2D eigenvalue weighted by Crippen LogP contribution is -2.43. The van der Waals surface area contributed by atoms with Crippen LogP contribution in [-0.4, -0.2) is 29.5 Å². The molecule has 1 fully saturated rings. The molecule has 1 aromatic heterocycles. The van der Waals surface area contributed by atoms with Crippen LogP contribution in [0.5, 0.6) is 0 Å². The van der Waals surface area contributed by atoms with Gasteiger partial charge in [0.05, 0.1) is 6.04 Å². The smallest absolute Gasteiger partial charge is 0.315 e. The summed E-state index contributed by atoms with van der Waals surface area (Å²) in [7, 11) is 0. The third kappa shape index (κ3) is 4.00. The Morgan fingerprint density at radius 3 is 2.77 bits per heavy atom. The summed E-state index contributed by atoms with van der Waals surface area (Å²) in [4.78, 5) is 29.8. The lowest BCUT2D eigenvalue weighted by Gasteiger charge is -2.17. The summed E-state index contributed by atoms with van der Waals surface area (Å²) in [6.07, 6.45) is 4.89. The molecular weight excluding hydrogens is 395 g/mol. The van der Waals surface area contributed by atoms with Gasteiger partial charge in [0.2, 0.25) is 5.91 Å². The maximum Gasteiger partial charge on any atom is 0.315 e. The minimum atomic E-state index is -0.345. The number of hydrogen-bond acceptors (Lipinski definition) is 2. The van der Waals surface area contributed by atoms with E-state index in [1.807, 2.05) is 6.07 Å². The summed E-state index contributed by atoms with van der Waals surface area (Å²) in [5.74, 6) is -0.428. The number of hydrogen-bond donors (Lipinski definition) is 3. The number of aryl methyl sites for hydroxylation is 2. The molecule has 1 atom stereocenters. The molecule has 0 bridgehead atoms. The number of urea groups is 1. The molecule has 1 aliphatic carbocycles. The molecule has 1 saturated heterocycles. The van der Waals surface area contributed by atoms with Gasteiger partial charge in [0.1, 0.15) is 5.82 Å². The van der Waals surface area contributed by atoms with E-state index in [1.54, 1.807) is 17.0 Å². The molecule has 3 aromatic rings. The van der Waals surface area contributed by atoms with Gasteiger partial charge >= 0.3 is 6.03 Å². The third-order valence-electron chi connectivity index (χ3n) is 6.21. The van der Waals surface area contributed by atoms with Crippen LogP contribution in [0.1, 0.15) is 36.1 Å². The molecule has 2 aromatic carbocycles. The molecule has 5 rings (SSSR count). The summed E-state index contributed by atoms with van der Waals surface area (Å²) in [6, 6.07) is 11.5. The number of anilines is 1. The number of aromatic nitrogens is 1. The van der Waals surface area contributed by atoms with Gasteiger partial charge in [-0.15, -0.1) is 0 Å². The van der Waals surface area contributed by atoms with Crippen LogP contribution >= 0.6 is 0 Å². The molecule has 160 valence electrons. The van der Waals surface area contributed by atoms with Gasteiger partial charge in [0, 0.05) is 41.8 Å². The molecule has 2 heterocycles. The van der Waals surface area contributed by atoms with Crippen LogP contribution in [0.25, 0.3) is 10.9 Å². The van der Waals surface area contributed by atoms with E-state index < -0.39 is 0 Å². The number of nitrogens with one attached hydrogen (secondary N) is 3. The standard InChI is InChI=1S/C24H25FN4O2/c25-16-6-8-18(9-7-16)29-14-17(12-23(29)30)27-24(31)26-13-15-5-10-22-20(11-15)19-3-1-2-4-21(19)28-22/h5-11,17,28H,1-4,12-14H2,(H2,26,27,31)/t17-/m1/s1. The van der Waals surface area contributed by atoms with Gasteiger partial charge in [-0.2, -0.15) is 0 Å². The molecule has 31 heavy (non-hydrogen) atoms. The van der Waals surface area contributed by atoms with Crippen LogP contribution in [0.15, 0.2) is 42.5 Å². The number of rotatable bonds is 4. The average molecular weight is 420 g/mol. The number of halogens is 1. The summed E-state index contributed by atoms with van der Waals surface area (Å²) in [6.45, 7) is 0.795. The van der Waals surface area contributed by atoms with Gasteiger partial charge in [-0.1, -0.05) is 6.07 Å². The van der Waals surface area contributed by atoms with Crippen molar-refractivity contribution in [3.05, 3.63) is 65.1 Å². The predicted octanol–water partition coefficient (Wildman–Crippen LogP) is 3.79. The fourth-order valence-corrected chi connectivity index (χ4v) is 4.66. The van der Waals surface area contributed by atoms with Crippen molar-refractivity contribution in [3.8, 4) is 0 Å². The lowest BCUT2D eigenvalue weighted by molar-refractivity contribution is -0.117. The first kappa shape index (κ1) is 19.6. The number of fused-ring (bicyclic) bond motifs is 3. The topological polar surface area (TPSA) is 77.2 Å². The van der Waals surface area contributed by atoms with Crippen molar-refractivity contribution in [2.45, 2.75) is 44.7 Å². The van der Waals surface area contributed by atoms with Crippen molar-refractivity contribution in [2.24, 2.45) is 0 Å². The second-order valence-electron chi connectivity index (χ2n) is 8.38. The van der Waals surface area contributed by atoms with Crippen molar-refractivity contribution in [3.63, 3.8) is 0 Å². The highest BCUT2D eigenvalue weighted by Crippen LogP contribution is 2.29. The number of H-pyrrole nitrogens is 1. The van der Waals surface area contributed by atoms with Crippen molar-refractivity contribution >= 4 is 28.5 Å². The van der Waals surface area contributed by atoms with E-state index in [4.69, 9.17) is 0 Å². The van der Waals surface area contributed by atoms with Gasteiger partial charge in [0.25, 0.3) is 0 Å². The Balaban J connectivity index is 1.18. The zero-order valence-corrected chi connectivity index (χ0v) is 17.2. The molecule has 0 saturated carbocycles. The van der Waals surface area contributed by atoms with E-state index in [2.05, 4.69) is 27.8 Å². The van der Waals surface area contributed by atoms with Gasteiger partial charge in [-0.05, 0) is 73.2 Å². The van der Waals surface area contributed by atoms with Crippen LogP contribution in [0.3, 0.4) is 0 Å². The van der Waals surface area contributed by atoms with Crippen LogP contribution in [-0.2, 0) is 24.2 Å². The highest BCUT2D eigenvalue weighted by atomic mass is 19.1. The summed E-state index contributed by atoms with van der Waals surface area (Å²) >= 11 is 0. The summed E-state index contributed by atoms with van der Waals surface area (Å²) < 4.78 is 13.1. The molecule has 3 N–H and O–H groups in total. The van der Waals surface area contributed by atoms with Crippen molar-refractivity contribution in [2.75, 3.05) is 11.4 Å². The number of amides is 3. The molecule has 2 aliphatic rings. The summed E-state index contributed by atoms with van der Waals surface area (Å²) in [5.41, 5.74) is 5.61. The van der Waals surface area contributed by atoms with Crippen molar-refractivity contribution in [1.29, 1.82) is 0 Å². The fraction of sp³-hybridized carbons (Fsp3) is 0.333. The van der Waals surface area contributed by atoms with Gasteiger partial charge in [0.15, 0.2) is 0 Å². The number of carbonyl (C=O) groups excluding carboxylic acids is 2. The Labute approximate surface area is 179 Å². The van der Waals surface area contributed by atoms with Gasteiger partial charge in [-0.3, -0.25) is 4.79 Å². The quantitative estimate of drug-likeness (QED) is 0.601. The Kier molecular flexibility index (Phi) is 5.10. The first-order chi connectivity index (χ1) is 15.1. The highest BCUT2D eigenvalue weighted by molar-refractivity contribution is 5.96. The average Bonchev–Trinajstić information content (AvgIpc) is 3.32. The third-order valence-corrected chi connectivity index (χ3v) is 6.21. The SMILES string of the molecule is O=C(NCc1ccc2[nH]c3c(c2c1)CCCC3)N[C@@H]1CC(=O)N(c2ccc(F)cc2)C1. The van der Waals surface area contributed by atoms with Crippen LogP contribution in [0, 0.1) is 5.82 Å². The van der Waals surface area contributed by atoms with E-state index in [9.17, 15) is 14.0 Å². The normalized spacial score (nSPS) is 18.3. The Bertz CT molecular complexity index is 1140. The molecule has 6 nitrogen and oxygen atoms in total. The van der Waals surface area contributed by atoms with Gasteiger partial charge < -0.3 is 20.5 Å². The predicted molar refractivity (Wildman–Crippen MR) is 117 cm³/mol. The monoisotopic (exact) mass is 420 g/mol. The zero-order valence-electron chi connectivity index (χ0n) is 17.2. The summed E-state index contributed by atoms with van der Waals surface area (Å²) in [5, 5.41) is 7.04. The van der Waals surface area contributed by atoms with Crippen molar-refractivity contribution < 1.29 is 14.0 Å². The Morgan fingerprint density at radius 2 is 1.94 bits per heavy atom. The minimum Gasteiger partial charge on any atom is -0.358 e. The second-order valence-corrected chi connectivity index (χ2v) is 8.38. The van der Waals surface area contributed by atoms with Crippen LogP contribution < -0.4 is 15.5 Å². The zero-order chi connectivity index (χ0) is 21.4. The van der Waals surface area contributed by atoms with Gasteiger partial charge in [-0.25, -0.2) is 9.18 Å². The first-order valence-electron chi connectivity index (χ1n) is 10.8. The molecular formula is C24H25FN4O2. The highest BCUT2D eigenvalue weighted by Gasteiger charge is 2.31. The number of carbonyl (C=O) groups is 2. The van der Waals surface area contributed by atoms with E-state index in [1.165, 1.54) is 41.6 Å². The van der Waals surface area contributed by atoms with E-state index in [-0.39, 0.29) is 30.2 Å². The Hall–Kier alpha value is -3.35. The van der Waals surface area contributed by atoms with Crippen molar-refractivity contribution in [1.82, 2.24) is 15.6 Å². The molecule has 0 spiro atoms. The number of aromatic amines is 1. The fourth-order valence-electron chi connectivity index (χ4n) is 4.66. The van der Waals surface area contributed by atoms with E-state index in [0.717, 1.165) is 23.9 Å². The van der Waals surface area contributed by atoms with E-state index in [0.29, 0.717) is 18.8 Å². The second kappa shape index (κ2) is 8.06. The lowest BCUT2D eigenvalue weighted by atomic mass is 9.95. The number of benzene rings is 2. The largest absolute Gasteiger partial charge is 0.358 e. The number of nitrogens with zero attached hydrogens (tertiary/aromatic N) is 1. The molecule has 7 heteroatoms. The molecule has 3 amide bonds. The molecule has 0 unspecified atom stereocenters.